The molecule has 0 unspecified atom stereocenters. The first-order valence-electron chi connectivity index (χ1n) is 13.6. The molecule has 1 fully saturated rings. The van der Waals surface area contributed by atoms with Crippen molar-refractivity contribution in [3.63, 3.8) is 0 Å². The zero-order valence-electron chi connectivity index (χ0n) is 21.0. The predicted molar refractivity (Wildman–Crippen MR) is 135 cm³/mol. The van der Waals surface area contributed by atoms with E-state index in [1.165, 1.54) is 96.3 Å². The molecule has 1 aliphatic rings. The van der Waals surface area contributed by atoms with Crippen LogP contribution in [0.4, 0.5) is 0 Å². The average molecular weight is 474 g/mol. The van der Waals surface area contributed by atoms with Crippen LogP contribution in [0.15, 0.2) is 0 Å². The highest BCUT2D eigenvalue weighted by molar-refractivity contribution is 7.91. The first kappa shape index (κ1) is 29.4. The molecule has 0 radical (unpaired) electrons. The van der Waals surface area contributed by atoms with E-state index in [0.717, 1.165) is 12.8 Å². The van der Waals surface area contributed by atoms with E-state index in [1.807, 2.05) is 0 Å². The number of carbonyl (C=O) groups is 1. The largest absolute Gasteiger partial charge is 0.464 e. The van der Waals surface area contributed by atoms with E-state index in [9.17, 15) is 13.2 Å². The highest BCUT2D eigenvalue weighted by Gasteiger charge is 2.21. The minimum Gasteiger partial charge on any atom is -0.464 e. The van der Waals surface area contributed by atoms with Crippen molar-refractivity contribution in [2.45, 2.75) is 122 Å². The summed E-state index contributed by atoms with van der Waals surface area (Å²) in [5, 5.41) is 0. The lowest BCUT2D eigenvalue weighted by Gasteiger charge is -2.26. The van der Waals surface area contributed by atoms with Crippen LogP contribution in [-0.2, 0) is 19.4 Å². The summed E-state index contributed by atoms with van der Waals surface area (Å²) < 4.78 is 28.1. The van der Waals surface area contributed by atoms with Crippen LogP contribution in [0.2, 0.25) is 0 Å². The molecule has 0 aliphatic carbocycles. The Kier molecular flexibility index (Phi) is 18.2. The summed E-state index contributed by atoms with van der Waals surface area (Å²) in [6.45, 7) is 4.40. The lowest BCUT2D eigenvalue weighted by Crippen LogP contribution is -2.41. The second-order valence-corrected chi connectivity index (χ2v) is 11.9. The van der Waals surface area contributed by atoms with Crippen molar-refractivity contribution < 1.29 is 17.9 Å². The molecular formula is C26H51NO4S. The number of nitrogens with zero attached hydrogens (tertiary/aromatic N) is 1. The number of carbonyl (C=O) groups excluding carboxylic acids is 1. The van der Waals surface area contributed by atoms with Crippen LogP contribution in [0, 0.1) is 0 Å². The zero-order chi connectivity index (χ0) is 23.3. The second kappa shape index (κ2) is 19.8. The van der Waals surface area contributed by atoms with Gasteiger partial charge in [-0.05, 0) is 6.42 Å². The summed E-state index contributed by atoms with van der Waals surface area (Å²) in [4.78, 5) is 13.9. The van der Waals surface area contributed by atoms with Crippen molar-refractivity contribution in [1.29, 1.82) is 0 Å². The monoisotopic (exact) mass is 473 g/mol. The maximum atomic E-state index is 11.8. The van der Waals surface area contributed by atoms with Crippen LogP contribution in [0.5, 0.6) is 0 Å². The van der Waals surface area contributed by atoms with Gasteiger partial charge in [0.15, 0.2) is 9.84 Å². The Bertz CT molecular complexity index is 536. The van der Waals surface area contributed by atoms with Gasteiger partial charge in [0.1, 0.15) is 6.61 Å². The molecule has 0 spiro atoms. The first-order chi connectivity index (χ1) is 15.5. The van der Waals surface area contributed by atoms with Gasteiger partial charge in [-0.25, -0.2) is 8.42 Å². The van der Waals surface area contributed by atoms with Gasteiger partial charge in [0.25, 0.3) is 0 Å². The number of sulfone groups is 1. The first-order valence-corrected chi connectivity index (χ1v) is 15.4. The highest BCUT2D eigenvalue weighted by atomic mass is 32.2. The molecule has 1 heterocycles. The summed E-state index contributed by atoms with van der Waals surface area (Å²) >= 11 is 0. The second-order valence-electron chi connectivity index (χ2n) is 9.62. The van der Waals surface area contributed by atoms with E-state index in [1.54, 1.807) is 0 Å². The maximum absolute atomic E-state index is 11.8. The highest BCUT2D eigenvalue weighted by Crippen LogP contribution is 2.14. The molecule has 0 N–H and O–H groups in total. The van der Waals surface area contributed by atoms with E-state index < -0.39 is 9.84 Å². The van der Waals surface area contributed by atoms with E-state index in [0.29, 0.717) is 32.7 Å². The van der Waals surface area contributed by atoms with Crippen molar-refractivity contribution in [3.8, 4) is 0 Å². The van der Waals surface area contributed by atoms with Gasteiger partial charge in [-0.15, -0.1) is 0 Å². The van der Waals surface area contributed by atoms with Gasteiger partial charge in [0.2, 0.25) is 0 Å². The number of hydrogen-bond donors (Lipinski definition) is 0. The molecule has 0 saturated carbocycles. The standard InChI is InChI=1S/C26H51NO4S/c1-2-3-4-5-6-7-8-9-10-11-12-13-14-15-16-17-18-19-26(28)31-23-20-27-21-24-32(29,30)25-22-27/h2-25H2,1H3. The molecule has 0 atom stereocenters. The van der Waals surface area contributed by atoms with Crippen LogP contribution < -0.4 is 0 Å². The smallest absolute Gasteiger partial charge is 0.305 e. The van der Waals surface area contributed by atoms with E-state index >= 15 is 0 Å². The molecule has 0 aromatic heterocycles. The third-order valence-electron chi connectivity index (χ3n) is 6.59. The summed E-state index contributed by atoms with van der Waals surface area (Å²) in [6.07, 6.45) is 23.2. The SMILES string of the molecule is CCCCCCCCCCCCCCCCCCCC(=O)OCCN1CCS(=O)(=O)CC1. The van der Waals surface area contributed by atoms with Crippen LogP contribution in [0.25, 0.3) is 0 Å². The van der Waals surface area contributed by atoms with E-state index in [-0.39, 0.29) is 17.5 Å². The molecule has 1 saturated heterocycles. The lowest BCUT2D eigenvalue weighted by atomic mass is 10.0. The quantitative estimate of drug-likeness (QED) is 0.144. The van der Waals surface area contributed by atoms with Crippen LogP contribution >= 0.6 is 0 Å². The summed E-state index contributed by atoms with van der Waals surface area (Å²) in [6, 6.07) is 0. The third-order valence-corrected chi connectivity index (χ3v) is 8.20. The van der Waals surface area contributed by atoms with Crippen LogP contribution in [-0.4, -0.2) is 57.0 Å². The van der Waals surface area contributed by atoms with Crippen molar-refractivity contribution in [2.75, 3.05) is 37.7 Å². The van der Waals surface area contributed by atoms with Gasteiger partial charge >= 0.3 is 5.97 Å². The van der Waals surface area contributed by atoms with Gasteiger partial charge in [0.05, 0.1) is 11.5 Å². The normalized spacial score (nSPS) is 16.3. The van der Waals surface area contributed by atoms with Crippen molar-refractivity contribution >= 4 is 15.8 Å². The summed E-state index contributed by atoms with van der Waals surface area (Å²) in [7, 11) is -2.84. The summed E-state index contributed by atoms with van der Waals surface area (Å²) in [5.41, 5.74) is 0. The summed E-state index contributed by atoms with van der Waals surface area (Å²) in [5.74, 6) is 0.330. The molecule has 0 bridgehead atoms. The fourth-order valence-electron chi connectivity index (χ4n) is 4.33. The zero-order valence-corrected chi connectivity index (χ0v) is 21.8. The van der Waals surface area contributed by atoms with Gasteiger partial charge in [-0.1, -0.05) is 110 Å². The third kappa shape index (κ3) is 17.9. The molecule has 5 nitrogen and oxygen atoms in total. The number of unbranched alkanes of at least 4 members (excludes halogenated alkanes) is 16. The molecule has 0 aromatic carbocycles. The fourth-order valence-corrected chi connectivity index (χ4v) is 5.61. The molecule has 0 amide bonds. The molecule has 1 rings (SSSR count). The molecule has 190 valence electrons. The minimum atomic E-state index is -2.84. The topological polar surface area (TPSA) is 63.7 Å². The van der Waals surface area contributed by atoms with Crippen molar-refractivity contribution in [3.05, 3.63) is 0 Å². The molecule has 1 aliphatic heterocycles. The van der Waals surface area contributed by atoms with Gasteiger partial charge in [-0.2, -0.15) is 0 Å². The predicted octanol–water partition coefficient (Wildman–Crippen LogP) is 6.30. The average Bonchev–Trinajstić information content (AvgIpc) is 2.77. The van der Waals surface area contributed by atoms with Gasteiger partial charge in [-0.3, -0.25) is 9.69 Å². The Balaban J connectivity index is 1.75. The van der Waals surface area contributed by atoms with Gasteiger partial charge < -0.3 is 4.74 Å². The number of esters is 1. The van der Waals surface area contributed by atoms with E-state index in [2.05, 4.69) is 11.8 Å². The maximum Gasteiger partial charge on any atom is 0.305 e. The van der Waals surface area contributed by atoms with E-state index in [4.69, 9.17) is 4.74 Å². The molecule has 6 heteroatoms. The van der Waals surface area contributed by atoms with Crippen molar-refractivity contribution in [1.82, 2.24) is 4.90 Å². The van der Waals surface area contributed by atoms with Crippen LogP contribution in [0.3, 0.4) is 0 Å². The van der Waals surface area contributed by atoms with Crippen molar-refractivity contribution in [2.24, 2.45) is 0 Å². The minimum absolute atomic E-state index is 0.115. The Morgan fingerprint density at radius 1 is 0.688 bits per heavy atom. The molecule has 0 aromatic rings. The Morgan fingerprint density at radius 2 is 1.09 bits per heavy atom. The fraction of sp³-hybridized carbons (Fsp3) is 0.962. The van der Waals surface area contributed by atoms with Crippen LogP contribution in [0.1, 0.15) is 122 Å². The Hall–Kier alpha value is -0.620. The Morgan fingerprint density at radius 3 is 1.53 bits per heavy atom. The number of ether oxygens (including phenoxy) is 1. The molecule has 32 heavy (non-hydrogen) atoms. The lowest BCUT2D eigenvalue weighted by molar-refractivity contribution is -0.144. The molecular weight excluding hydrogens is 422 g/mol. The Labute approximate surface area is 199 Å². The number of rotatable bonds is 21. The number of hydrogen-bond acceptors (Lipinski definition) is 5. The van der Waals surface area contributed by atoms with Gasteiger partial charge in [0, 0.05) is 26.1 Å².